The lowest BCUT2D eigenvalue weighted by Gasteiger charge is -2.25. The fourth-order valence-electron chi connectivity index (χ4n) is 9.57. The van der Waals surface area contributed by atoms with Crippen molar-refractivity contribution < 1.29 is 33.9 Å². The van der Waals surface area contributed by atoms with Crippen molar-refractivity contribution in [2.45, 2.75) is 196 Å². The lowest BCUT2D eigenvalue weighted by molar-refractivity contribution is -0.698. The minimum Gasteiger partial charge on any atom is -1.00 e. The van der Waals surface area contributed by atoms with Gasteiger partial charge in [0.05, 0.1) is 0 Å². The van der Waals surface area contributed by atoms with Gasteiger partial charge in [0, 0.05) is 34.5 Å². The Kier molecular flexibility index (Phi) is 13.9. The molecule has 7 rings (SSSR count). The topological polar surface area (TPSA) is 101 Å². The van der Waals surface area contributed by atoms with Gasteiger partial charge in [-0.15, -0.1) is 0 Å². The largest absolute Gasteiger partial charge is 1.00 e. The normalized spacial score (nSPS) is 14.4. The lowest BCUT2D eigenvalue weighted by Crippen LogP contribution is -3.00. The standard InChI is InChI=1S/C52H76N10.2ClH/c1-47(2,3)37-21-33-19-35(23-37)27-59-31-61(45(51(13,14)15)43(59)49(7,8)9)29-41-54-42(58-57-41)30-62-32-60(44(50(10,11)12)46(62)52(16,17)18)28-36-20-34(22-38(24-36)48(4,5)6)26-40-53-39(25-33)55-56-40;;/h19-24,31-32H,25-30H2,1-18H3,(H,53,55,56)(H,54,57,58);2*1H/q+2;;/p-2. The van der Waals surface area contributed by atoms with Crippen molar-refractivity contribution in [1.82, 2.24) is 39.5 Å². The second-order valence-corrected chi connectivity index (χ2v) is 24.5. The van der Waals surface area contributed by atoms with Crippen LogP contribution in [0.1, 0.15) is 204 Å². The van der Waals surface area contributed by atoms with E-state index in [-0.39, 0.29) is 57.3 Å². The van der Waals surface area contributed by atoms with E-state index in [0.717, 1.165) is 36.4 Å². The summed E-state index contributed by atoms with van der Waals surface area (Å²) >= 11 is 0. The van der Waals surface area contributed by atoms with Crippen LogP contribution < -0.4 is 33.9 Å². The molecule has 1 aliphatic heterocycles. The summed E-state index contributed by atoms with van der Waals surface area (Å²) in [5.74, 6) is 3.34. The fourth-order valence-corrected chi connectivity index (χ4v) is 9.57. The van der Waals surface area contributed by atoms with Gasteiger partial charge in [-0.3, -0.25) is 10.2 Å². The number of aromatic amines is 2. The van der Waals surface area contributed by atoms with Crippen LogP contribution in [-0.2, 0) is 71.5 Å². The van der Waals surface area contributed by atoms with Crippen LogP contribution in [0.4, 0.5) is 0 Å². The molecule has 0 spiro atoms. The minimum atomic E-state index is -0.129. The molecule has 1 aliphatic rings. The Balaban J connectivity index is 0.00000385. The Morgan fingerprint density at radius 3 is 1.27 bits per heavy atom. The maximum Gasteiger partial charge on any atom is 0.244 e. The third-order valence-electron chi connectivity index (χ3n) is 12.1. The number of aromatic nitrogens is 10. The van der Waals surface area contributed by atoms with Crippen molar-refractivity contribution in [3.8, 4) is 0 Å². The first-order chi connectivity index (χ1) is 28.4. The van der Waals surface area contributed by atoms with Crippen LogP contribution in [0.25, 0.3) is 0 Å². The van der Waals surface area contributed by atoms with Crippen molar-refractivity contribution in [2.24, 2.45) is 0 Å². The van der Waals surface area contributed by atoms with Crippen LogP contribution in [0.5, 0.6) is 0 Å². The van der Waals surface area contributed by atoms with Gasteiger partial charge in [-0.05, 0) is 44.2 Å². The number of benzene rings is 2. The third-order valence-corrected chi connectivity index (χ3v) is 12.1. The molecule has 64 heavy (non-hydrogen) atoms. The lowest BCUT2D eigenvalue weighted by atomic mass is 9.81. The van der Waals surface area contributed by atoms with E-state index >= 15 is 0 Å². The maximum atomic E-state index is 5.22. The van der Waals surface area contributed by atoms with Crippen LogP contribution in [0.3, 0.4) is 0 Å². The summed E-state index contributed by atoms with van der Waals surface area (Å²) in [4.78, 5) is 10.4. The van der Waals surface area contributed by atoms with E-state index in [9.17, 15) is 0 Å². The minimum absolute atomic E-state index is 0. The van der Waals surface area contributed by atoms with Crippen LogP contribution in [0.15, 0.2) is 49.1 Å². The first kappa shape index (κ1) is 50.7. The second kappa shape index (κ2) is 17.5. The summed E-state index contributed by atoms with van der Waals surface area (Å²) in [6.07, 6.45) is 5.95. The highest BCUT2D eigenvalue weighted by Crippen LogP contribution is 2.35. The molecule has 0 amide bonds. The number of imidazole rings is 2. The average Bonchev–Trinajstić information content (AvgIpc) is 3.89. The summed E-state index contributed by atoms with van der Waals surface area (Å²) in [5.41, 5.74) is 12.3. The van der Waals surface area contributed by atoms with E-state index in [1.807, 2.05) is 0 Å². The monoisotopic (exact) mass is 911 g/mol. The predicted molar refractivity (Wildman–Crippen MR) is 249 cm³/mol. The highest BCUT2D eigenvalue weighted by Gasteiger charge is 2.41. The van der Waals surface area contributed by atoms with Gasteiger partial charge in [0.1, 0.15) is 25.5 Å². The maximum absolute atomic E-state index is 5.22. The molecular formula is C52H76Cl2N10. The first-order valence-electron chi connectivity index (χ1n) is 22.8. The van der Waals surface area contributed by atoms with E-state index < -0.39 is 0 Å². The van der Waals surface area contributed by atoms with Crippen molar-refractivity contribution in [3.63, 3.8) is 0 Å². The Morgan fingerprint density at radius 2 is 0.828 bits per heavy atom. The highest BCUT2D eigenvalue weighted by molar-refractivity contribution is 5.37. The van der Waals surface area contributed by atoms with Crippen LogP contribution in [-0.4, -0.2) is 39.5 Å². The molecule has 0 unspecified atom stereocenters. The number of nitrogens with one attached hydrogen (secondary N) is 2. The summed E-state index contributed by atoms with van der Waals surface area (Å²) in [5, 5.41) is 16.4. The smallest absolute Gasteiger partial charge is 0.244 e. The average molecular weight is 912 g/mol. The quantitative estimate of drug-likeness (QED) is 0.228. The summed E-state index contributed by atoms with van der Waals surface area (Å²) in [7, 11) is 0. The zero-order chi connectivity index (χ0) is 45.5. The van der Waals surface area contributed by atoms with Crippen molar-refractivity contribution in [3.05, 3.63) is 129 Å². The van der Waals surface area contributed by atoms with Gasteiger partial charge < -0.3 is 24.8 Å². The molecule has 2 N–H and O–H groups in total. The van der Waals surface area contributed by atoms with E-state index in [0.29, 0.717) is 25.9 Å². The summed E-state index contributed by atoms with van der Waals surface area (Å²) in [6, 6.07) is 14.2. The van der Waals surface area contributed by atoms with Crippen LogP contribution in [0, 0.1) is 0 Å². The van der Waals surface area contributed by atoms with E-state index in [1.165, 1.54) is 56.2 Å². The summed E-state index contributed by atoms with van der Waals surface area (Å²) in [6.45, 7) is 44.4. The zero-order valence-electron chi connectivity index (χ0n) is 42.2. The molecule has 0 saturated carbocycles. The van der Waals surface area contributed by atoms with Crippen LogP contribution in [0.2, 0.25) is 0 Å². The number of rotatable bonds is 0. The Bertz CT molecular complexity index is 2420. The van der Waals surface area contributed by atoms with Gasteiger partial charge in [0.2, 0.25) is 12.7 Å². The molecule has 10 nitrogen and oxygen atoms in total. The molecule has 348 valence electrons. The van der Waals surface area contributed by atoms with Crippen molar-refractivity contribution >= 4 is 0 Å². The number of hydrogen-bond acceptors (Lipinski definition) is 4. The second-order valence-electron chi connectivity index (χ2n) is 24.5. The third kappa shape index (κ3) is 11.0. The van der Waals surface area contributed by atoms with Crippen molar-refractivity contribution in [1.29, 1.82) is 0 Å². The molecule has 0 atom stereocenters. The molecule has 4 aromatic heterocycles. The molecule has 0 radical (unpaired) electrons. The Hall–Kier alpha value is -4.28. The molecule has 0 aliphatic carbocycles. The number of H-pyrrole nitrogens is 2. The van der Waals surface area contributed by atoms with Gasteiger partial charge in [0.15, 0.2) is 46.8 Å². The molecule has 0 saturated heterocycles. The predicted octanol–water partition coefficient (Wildman–Crippen LogP) is 3.58. The molecule has 5 heterocycles. The molecule has 0 fully saturated rings. The van der Waals surface area contributed by atoms with Gasteiger partial charge >= 0.3 is 0 Å². The molecule has 12 heteroatoms. The molecule has 6 aromatic rings. The number of halogens is 2. The van der Waals surface area contributed by atoms with E-state index in [1.54, 1.807) is 0 Å². The SMILES string of the molecule is CC(C)(C)c1cc2cc(c1)C[n+]1cn(c(C(C)(C)C)c1C(C)(C)C)Cc1n[nH]c(n1)Cn1c[n+](c(C(C)(C)C)c1C(C)(C)C)Cc1cc(cc(C(C)(C)C)c1)Cc1n[nH]c(n1)C2.[Cl-].[Cl-]. The van der Waals surface area contributed by atoms with Gasteiger partial charge in [-0.25, -0.2) is 28.2 Å². The van der Waals surface area contributed by atoms with E-state index in [4.69, 9.17) is 20.2 Å². The van der Waals surface area contributed by atoms with Gasteiger partial charge in [0.25, 0.3) is 0 Å². The fraction of sp³-hybridized carbons (Fsp3) is 0.577. The molecular weight excluding hydrogens is 836 g/mol. The zero-order valence-corrected chi connectivity index (χ0v) is 43.7. The Labute approximate surface area is 396 Å². The van der Waals surface area contributed by atoms with Gasteiger partial charge in [-0.1, -0.05) is 161 Å². The highest BCUT2D eigenvalue weighted by atomic mass is 35.5. The first-order valence-corrected chi connectivity index (χ1v) is 22.8. The molecule has 2 aromatic carbocycles. The number of hydrogen-bond donors (Lipinski definition) is 2. The summed E-state index contributed by atoms with van der Waals surface area (Å²) < 4.78 is 9.77. The van der Waals surface area contributed by atoms with Crippen molar-refractivity contribution in [2.75, 3.05) is 0 Å². The van der Waals surface area contributed by atoms with E-state index in [2.05, 4.69) is 202 Å². The van der Waals surface area contributed by atoms with Crippen LogP contribution >= 0.6 is 0 Å². The van der Waals surface area contributed by atoms with Gasteiger partial charge in [-0.2, -0.15) is 10.2 Å². The Morgan fingerprint density at radius 1 is 0.438 bits per heavy atom. The number of fused-ring (bicyclic) bond motifs is 12. The number of nitrogens with zero attached hydrogens (tertiary/aromatic N) is 8. The molecule has 12 bridgehead atoms.